The fourth-order valence-corrected chi connectivity index (χ4v) is 2.40. The lowest BCUT2D eigenvalue weighted by molar-refractivity contribution is -0.138. The number of carboxylic acid groups (broad SMARTS) is 1. The number of carbonyl (C=O) groups excluding carboxylic acids is 3. The molecule has 0 rings (SSSR count). The molecule has 0 fully saturated rings. The third-order valence-electron chi connectivity index (χ3n) is 4.20. The van der Waals surface area contributed by atoms with E-state index in [1.54, 1.807) is 6.92 Å². The van der Waals surface area contributed by atoms with E-state index in [4.69, 9.17) is 33.5 Å². The van der Waals surface area contributed by atoms with Crippen LogP contribution in [0.4, 0.5) is 0 Å². The van der Waals surface area contributed by atoms with Gasteiger partial charge in [-0.2, -0.15) is 0 Å². The molecule has 0 saturated heterocycles. The van der Waals surface area contributed by atoms with Gasteiger partial charge in [-0.25, -0.2) is 4.79 Å². The number of rotatable bonds is 27. The molecular formula is C24H42N2O12. The van der Waals surface area contributed by atoms with Gasteiger partial charge in [0.05, 0.1) is 92.3 Å². The Bertz CT molecular complexity index is 660. The smallest absolute Gasteiger partial charge is 0.330 e. The minimum atomic E-state index is -0.888. The molecule has 0 aliphatic rings. The number of nitrogens with one attached hydrogen (secondary N) is 2. The summed E-state index contributed by atoms with van der Waals surface area (Å²) in [5, 5.41) is 13.6. The van der Waals surface area contributed by atoms with Gasteiger partial charge in [0.2, 0.25) is 11.8 Å². The minimum Gasteiger partial charge on any atom is -0.481 e. The fraction of sp³-hybridized carbons (Fsp3) is 0.750. The first kappa shape index (κ1) is 35.4. The van der Waals surface area contributed by atoms with Gasteiger partial charge in [0.15, 0.2) is 0 Å². The van der Waals surface area contributed by atoms with Crippen molar-refractivity contribution in [2.45, 2.75) is 19.8 Å². The average molecular weight is 551 g/mol. The van der Waals surface area contributed by atoms with Crippen molar-refractivity contribution in [3.63, 3.8) is 0 Å². The predicted octanol–water partition coefficient (Wildman–Crippen LogP) is -0.697. The molecule has 0 heterocycles. The topological polar surface area (TPSA) is 177 Å². The molecule has 0 saturated carbocycles. The van der Waals surface area contributed by atoms with E-state index in [2.05, 4.69) is 15.4 Å². The quantitative estimate of drug-likeness (QED) is 0.0667. The largest absolute Gasteiger partial charge is 0.481 e. The molecule has 0 radical (unpaired) electrons. The number of esters is 1. The third-order valence-corrected chi connectivity index (χ3v) is 4.20. The number of ether oxygens (including phenoxy) is 7. The Morgan fingerprint density at radius 1 is 0.605 bits per heavy atom. The summed E-state index contributed by atoms with van der Waals surface area (Å²) >= 11 is 0. The average Bonchev–Trinajstić information content (AvgIpc) is 2.88. The van der Waals surface area contributed by atoms with Crippen LogP contribution in [0, 0.1) is 0 Å². The summed E-state index contributed by atoms with van der Waals surface area (Å²) in [5.41, 5.74) is 0. The Hall–Kier alpha value is -2.62. The van der Waals surface area contributed by atoms with E-state index in [1.165, 1.54) is 0 Å². The molecule has 0 bridgehead atoms. The Kier molecular flexibility index (Phi) is 25.5. The van der Waals surface area contributed by atoms with Crippen molar-refractivity contribution in [3.05, 3.63) is 12.2 Å². The normalized spacial score (nSPS) is 11.0. The van der Waals surface area contributed by atoms with E-state index < -0.39 is 17.8 Å². The van der Waals surface area contributed by atoms with Crippen molar-refractivity contribution in [3.8, 4) is 0 Å². The maximum Gasteiger partial charge on any atom is 0.330 e. The zero-order chi connectivity index (χ0) is 28.1. The van der Waals surface area contributed by atoms with E-state index >= 15 is 0 Å². The lowest BCUT2D eigenvalue weighted by atomic mass is 10.3. The van der Waals surface area contributed by atoms with Crippen LogP contribution < -0.4 is 10.6 Å². The Balaban J connectivity index is 3.28. The molecule has 0 aliphatic heterocycles. The van der Waals surface area contributed by atoms with Gasteiger partial charge in [0, 0.05) is 31.7 Å². The Morgan fingerprint density at radius 3 is 1.55 bits per heavy atom. The van der Waals surface area contributed by atoms with Crippen molar-refractivity contribution < 1.29 is 57.4 Å². The van der Waals surface area contributed by atoms with Crippen LogP contribution in [0.15, 0.2) is 12.2 Å². The minimum absolute atomic E-state index is 0.0169. The van der Waals surface area contributed by atoms with Gasteiger partial charge in [0.25, 0.3) is 0 Å². The molecule has 14 nitrogen and oxygen atoms in total. The van der Waals surface area contributed by atoms with Gasteiger partial charge in [-0.05, 0) is 6.92 Å². The van der Waals surface area contributed by atoms with Gasteiger partial charge in [-0.15, -0.1) is 0 Å². The van der Waals surface area contributed by atoms with Crippen molar-refractivity contribution >= 4 is 23.8 Å². The summed E-state index contributed by atoms with van der Waals surface area (Å²) in [5.74, 6) is -2.20. The lowest BCUT2D eigenvalue weighted by Gasteiger charge is -2.08. The highest BCUT2D eigenvalue weighted by atomic mass is 16.6. The van der Waals surface area contributed by atoms with Crippen molar-refractivity contribution in [2.24, 2.45) is 0 Å². The Morgan fingerprint density at radius 2 is 1.08 bits per heavy atom. The van der Waals surface area contributed by atoms with Crippen LogP contribution in [0.3, 0.4) is 0 Å². The molecule has 0 aromatic rings. The first-order chi connectivity index (χ1) is 18.5. The van der Waals surface area contributed by atoms with Gasteiger partial charge in [0.1, 0.15) is 0 Å². The summed E-state index contributed by atoms with van der Waals surface area (Å²) in [4.78, 5) is 44.6. The number of amides is 2. The van der Waals surface area contributed by atoms with E-state index in [-0.39, 0.29) is 38.5 Å². The van der Waals surface area contributed by atoms with E-state index in [0.29, 0.717) is 79.2 Å². The zero-order valence-electron chi connectivity index (χ0n) is 22.1. The summed E-state index contributed by atoms with van der Waals surface area (Å²) in [7, 11) is 0. The highest BCUT2D eigenvalue weighted by Gasteiger charge is 2.03. The van der Waals surface area contributed by atoms with Crippen molar-refractivity contribution in [1.82, 2.24) is 10.6 Å². The number of carbonyl (C=O) groups is 4. The van der Waals surface area contributed by atoms with Crippen LogP contribution in [0.5, 0.6) is 0 Å². The molecule has 0 aromatic carbocycles. The maximum absolute atomic E-state index is 11.7. The number of hydrogen-bond acceptors (Lipinski definition) is 11. The number of carboxylic acids is 1. The van der Waals surface area contributed by atoms with Gasteiger partial charge < -0.3 is 48.9 Å². The number of hydrogen-bond donors (Lipinski definition) is 3. The van der Waals surface area contributed by atoms with Crippen LogP contribution >= 0.6 is 0 Å². The monoisotopic (exact) mass is 550 g/mol. The van der Waals surface area contributed by atoms with E-state index in [9.17, 15) is 19.2 Å². The molecule has 2 amide bonds. The molecule has 0 unspecified atom stereocenters. The summed E-state index contributed by atoms with van der Waals surface area (Å²) in [6.45, 7) is 6.97. The lowest BCUT2D eigenvalue weighted by Crippen LogP contribution is -2.32. The summed E-state index contributed by atoms with van der Waals surface area (Å²) < 4.78 is 36.5. The molecule has 0 aliphatic carbocycles. The standard InChI is InChI=1S/C24H42N2O12/c1-2-38-24(31)4-3-21(27)25-7-5-22(28)26-8-10-33-12-14-35-16-18-37-20-19-36-17-15-34-13-11-32-9-6-23(29)30/h3-4H,2,5-20H2,1H3,(H,25,27)(H,26,28)(H,29,30)/b4-3+. The Labute approximate surface area is 223 Å². The first-order valence-corrected chi connectivity index (χ1v) is 12.5. The molecule has 0 aromatic heterocycles. The molecule has 0 atom stereocenters. The van der Waals surface area contributed by atoms with Crippen LogP contribution in [0.2, 0.25) is 0 Å². The fourth-order valence-electron chi connectivity index (χ4n) is 2.40. The molecule has 220 valence electrons. The van der Waals surface area contributed by atoms with E-state index in [0.717, 1.165) is 12.2 Å². The van der Waals surface area contributed by atoms with Crippen LogP contribution in [-0.2, 0) is 52.3 Å². The first-order valence-electron chi connectivity index (χ1n) is 12.5. The van der Waals surface area contributed by atoms with Gasteiger partial charge in [-0.3, -0.25) is 14.4 Å². The number of aliphatic carboxylic acids is 1. The van der Waals surface area contributed by atoms with Crippen LogP contribution in [-0.4, -0.2) is 128 Å². The summed E-state index contributed by atoms with van der Waals surface area (Å²) in [6, 6.07) is 0. The van der Waals surface area contributed by atoms with Gasteiger partial charge >= 0.3 is 11.9 Å². The third kappa shape index (κ3) is 28.0. The molecular weight excluding hydrogens is 508 g/mol. The second-order valence-electron chi connectivity index (χ2n) is 7.29. The molecule has 3 N–H and O–H groups in total. The SMILES string of the molecule is CCOC(=O)/C=C/C(=O)NCCC(=O)NCCOCCOCCOCCOCCOCCOCCC(=O)O. The highest BCUT2D eigenvalue weighted by Crippen LogP contribution is 1.87. The van der Waals surface area contributed by atoms with Crippen LogP contribution in [0.1, 0.15) is 19.8 Å². The molecule has 38 heavy (non-hydrogen) atoms. The van der Waals surface area contributed by atoms with Crippen molar-refractivity contribution in [1.29, 1.82) is 0 Å². The van der Waals surface area contributed by atoms with E-state index in [1.807, 2.05) is 0 Å². The van der Waals surface area contributed by atoms with Crippen LogP contribution in [0.25, 0.3) is 0 Å². The summed E-state index contributed by atoms with van der Waals surface area (Å²) in [6.07, 6.45) is 2.17. The maximum atomic E-state index is 11.7. The predicted molar refractivity (Wildman–Crippen MR) is 134 cm³/mol. The molecule has 0 spiro atoms. The second-order valence-corrected chi connectivity index (χ2v) is 7.29. The van der Waals surface area contributed by atoms with Crippen molar-refractivity contribution in [2.75, 3.05) is 99.0 Å². The highest BCUT2D eigenvalue weighted by molar-refractivity contribution is 5.94. The van der Waals surface area contributed by atoms with Gasteiger partial charge in [-0.1, -0.05) is 0 Å². The molecule has 14 heteroatoms. The zero-order valence-corrected chi connectivity index (χ0v) is 22.1. The second kappa shape index (κ2) is 27.4.